The van der Waals surface area contributed by atoms with Crippen LogP contribution in [-0.4, -0.2) is 46.4 Å². The van der Waals surface area contributed by atoms with E-state index in [0.717, 1.165) is 4.57 Å². The molecule has 0 bridgehead atoms. The number of nitrogens with zero attached hydrogens (tertiary/aromatic N) is 3. The van der Waals surface area contributed by atoms with E-state index in [-0.39, 0.29) is 30.5 Å². The number of aromatic nitrogens is 2. The summed E-state index contributed by atoms with van der Waals surface area (Å²) >= 11 is 0. The number of aryl methyl sites for hydroxylation is 1. The third kappa shape index (κ3) is 5.65. The summed E-state index contributed by atoms with van der Waals surface area (Å²) in [5.41, 5.74) is -3.05. The molecule has 0 aliphatic carbocycles. The van der Waals surface area contributed by atoms with Crippen molar-refractivity contribution in [2.24, 2.45) is 12.0 Å². The Morgan fingerprint density at radius 1 is 1.46 bits per heavy atom. The third-order valence-electron chi connectivity index (χ3n) is 3.16. The van der Waals surface area contributed by atoms with Crippen molar-refractivity contribution in [3.8, 4) is 0 Å². The van der Waals surface area contributed by atoms with Gasteiger partial charge in [0.05, 0.1) is 0 Å². The van der Waals surface area contributed by atoms with Crippen LogP contribution in [0.15, 0.2) is 30.0 Å². The normalized spacial score (nSPS) is 14.5. The van der Waals surface area contributed by atoms with E-state index in [0.29, 0.717) is 19.0 Å². The van der Waals surface area contributed by atoms with Crippen molar-refractivity contribution < 1.29 is 18.3 Å². The van der Waals surface area contributed by atoms with Gasteiger partial charge in [-0.1, -0.05) is 6.08 Å². The summed E-state index contributed by atoms with van der Waals surface area (Å²) in [5.74, 6) is -0.0963. The highest BCUT2D eigenvalue weighted by molar-refractivity contribution is 14.0. The summed E-state index contributed by atoms with van der Waals surface area (Å²) in [6.45, 7) is 6.14. The molecule has 0 amide bonds. The number of rotatable bonds is 7. The minimum absolute atomic E-state index is 0. The van der Waals surface area contributed by atoms with E-state index in [1.165, 1.54) is 19.4 Å². The smallest absolute Gasteiger partial charge is 0.374 e. The lowest BCUT2D eigenvalue weighted by Gasteiger charge is -2.29. The second-order valence-corrected chi connectivity index (χ2v) is 4.90. The van der Waals surface area contributed by atoms with Crippen LogP contribution in [0.5, 0.6) is 0 Å². The van der Waals surface area contributed by atoms with E-state index in [2.05, 4.69) is 27.2 Å². The Kier molecular flexibility index (Phi) is 9.33. The number of alkyl halides is 3. The molecule has 0 fully saturated rings. The summed E-state index contributed by atoms with van der Waals surface area (Å²) in [5, 5.41) is 15.9. The van der Waals surface area contributed by atoms with Gasteiger partial charge >= 0.3 is 6.18 Å². The van der Waals surface area contributed by atoms with Crippen LogP contribution in [0.4, 0.5) is 13.2 Å². The second-order valence-electron chi connectivity index (χ2n) is 4.90. The fraction of sp³-hybridized carbons (Fsp3) is 0.571. The van der Waals surface area contributed by atoms with E-state index >= 15 is 0 Å². The Labute approximate surface area is 156 Å². The summed E-state index contributed by atoms with van der Waals surface area (Å²) in [7, 11) is 1.40. The zero-order valence-corrected chi connectivity index (χ0v) is 15.9. The molecule has 0 aliphatic heterocycles. The Balaban J connectivity index is 0.00000529. The van der Waals surface area contributed by atoms with Crippen molar-refractivity contribution in [3.05, 3.63) is 30.9 Å². The maximum Gasteiger partial charge on any atom is 0.424 e. The van der Waals surface area contributed by atoms with Crippen molar-refractivity contribution in [3.63, 3.8) is 0 Å². The van der Waals surface area contributed by atoms with Crippen LogP contribution in [0.25, 0.3) is 0 Å². The van der Waals surface area contributed by atoms with Crippen molar-refractivity contribution >= 4 is 29.9 Å². The van der Waals surface area contributed by atoms with Crippen molar-refractivity contribution in [2.45, 2.75) is 25.1 Å². The van der Waals surface area contributed by atoms with E-state index in [4.69, 9.17) is 0 Å². The molecule has 0 radical (unpaired) electrons. The minimum atomic E-state index is -4.85. The summed E-state index contributed by atoms with van der Waals surface area (Å²) < 4.78 is 41.1. The molecule has 0 saturated heterocycles. The zero-order chi connectivity index (χ0) is 17.5. The molecule has 3 N–H and O–H groups in total. The summed E-state index contributed by atoms with van der Waals surface area (Å²) in [4.78, 5) is 7.68. The monoisotopic (exact) mass is 461 g/mol. The topological polar surface area (TPSA) is 74.5 Å². The van der Waals surface area contributed by atoms with E-state index in [1.54, 1.807) is 6.08 Å². The molecule has 1 heterocycles. The molecule has 10 heteroatoms. The van der Waals surface area contributed by atoms with Crippen LogP contribution in [0, 0.1) is 0 Å². The number of hydrogen-bond acceptors (Lipinski definition) is 3. The van der Waals surface area contributed by atoms with Crippen molar-refractivity contribution in [1.29, 1.82) is 0 Å². The third-order valence-corrected chi connectivity index (χ3v) is 3.16. The lowest BCUT2D eigenvalue weighted by atomic mass is 9.98. The molecule has 1 unspecified atom stereocenters. The second kappa shape index (κ2) is 9.87. The molecule has 24 heavy (non-hydrogen) atoms. The Bertz CT molecular complexity index is 547. The number of hydrogen-bond donors (Lipinski definition) is 3. The van der Waals surface area contributed by atoms with E-state index in [9.17, 15) is 18.3 Å². The highest BCUT2D eigenvalue weighted by Gasteiger charge is 2.57. The molecule has 0 aromatic carbocycles. The molecular weight excluding hydrogens is 438 g/mol. The Morgan fingerprint density at radius 2 is 2.12 bits per heavy atom. The number of aliphatic imine (C=N–C) groups is 1. The first-order valence-corrected chi connectivity index (χ1v) is 7.16. The standard InChI is InChI=1S/C14H22F3N5O.HI/c1-4-7-20-12(18-5-2)21-8-6-13(23,14(15,16)17)11-19-9-10-22(11)3;/h4,9-10,23H,1,5-8H2,2-3H3,(H2,18,20,21);1H. The number of imidazole rings is 1. The molecule has 0 aliphatic rings. The number of halogens is 4. The molecule has 0 spiro atoms. The predicted octanol–water partition coefficient (Wildman–Crippen LogP) is 1.92. The lowest BCUT2D eigenvalue weighted by Crippen LogP contribution is -2.45. The molecule has 138 valence electrons. The van der Waals surface area contributed by atoms with Gasteiger partial charge in [-0.2, -0.15) is 13.2 Å². The van der Waals surface area contributed by atoms with Gasteiger partial charge in [-0.15, -0.1) is 30.6 Å². The highest BCUT2D eigenvalue weighted by atomic mass is 127. The van der Waals surface area contributed by atoms with Gasteiger partial charge in [0.2, 0.25) is 5.60 Å². The molecular formula is C14H23F3IN5O. The lowest BCUT2D eigenvalue weighted by molar-refractivity contribution is -0.272. The summed E-state index contributed by atoms with van der Waals surface area (Å²) in [6, 6.07) is 0. The maximum atomic E-state index is 13.3. The number of aliphatic hydroxyl groups is 1. The molecule has 1 aromatic heterocycles. The zero-order valence-electron chi connectivity index (χ0n) is 13.6. The molecule has 1 atom stereocenters. The van der Waals surface area contributed by atoms with Crippen molar-refractivity contribution in [1.82, 2.24) is 20.2 Å². The van der Waals surface area contributed by atoms with E-state index < -0.39 is 24.0 Å². The van der Waals surface area contributed by atoms with Crippen LogP contribution < -0.4 is 10.6 Å². The van der Waals surface area contributed by atoms with Gasteiger partial charge in [-0.05, 0) is 6.92 Å². The van der Waals surface area contributed by atoms with Crippen LogP contribution in [-0.2, 0) is 12.6 Å². The predicted molar refractivity (Wildman–Crippen MR) is 97.4 cm³/mol. The summed E-state index contributed by atoms with van der Waals surface area (Å²) in [6.07, 6.45) is -1.32. The first-order valence-electron chi connectivity index (χ1n) is 7.16. The number of guanidine groups is 1. The molecule has 1 rings (SSSR count). The fourth-order valence-corrected chi connectivity index (χ4v) is 1.98. The van der Waals surface area contributed by atoms with Gasteiger partial charge in [-0.25, -0.2) is 4.98 Å². The first-order chi connectivity index (χ1) is 10.8. The van der Waals surface area contributed by atoms with Gasteiger partial charge in [0.15, 0.2) is 5.96 Å². The Hall–Kier alpha value is -1.30. The number of nitrogens with one attached hydrogen (secondary N) is 2. The van der Waals surface area contributed by atoms with Gasteiger partial charge in [0, 0.05) is 45.5 Å². The van der Waals surface area contributed by atoms with Crippen LogP contribution in [0.1, 0.15) is 19.2 Å². The van der Waals surface area contributed by atoms with Crippen LogP contribution in [0.3, 0.4) is 0 Å². The van der Waals surface area contributed by atoms with Gasteiger partial charge in [0.1, 0.15) is 5.82 Å². The average molecular weight is 461 g/mol. The Morgan fingerprint density at radius 3 is 2.58 bits per heavy atom. The molecule has 6 nitrogen and oxygen atoms in total. The highest BCUT2D eigenvalue weighted by Crippen LogP contribution is 2.40. The molecule has 1 aromatic rings. The van der Waals surface area contributed by atoms with Crippen LogP contribution in [0.2, 0.25) is 0 Å². The first kappa shape index (κ1) is 22.7. The average Bonchev–Trinajstić information content (AvgIpc) is 2.90. The fourth-order valence-electron chi connectivity index (χ4n) is 1.98. The minimum Gasteiger partial charge on any atom is -0.374 e. The van der Waals surface area contributed by atoms with Gasteiger partial charge in [0.25, 0.3) is 0 Å². The van der Waals surface area contributed by atoms with Gasteiger partial charge in [-0.3, -0.25) is 4.99 Å². The maximum absolute atomic E-state index is 13.3. The van der Waals surface area contributed by atoms with Crippen molar-refractivity contribution in [2.75, 3.05) is 19.6 Å². The quantitative estimate of drug-likeness (QED) is 0.251. The van der Waals surface area contributed by atoms with Gasteiger partial charge < -0.3 is 20.3 Å². The largest absolute Gasteiger partial charge is 0.424 e. The van der Waals surface area contributed by atoms with E-state index in [1.807, 2.05) is 6.92 Å². The molecule has 0 saturated carbocycles. The van der Waals surface area contributed by atoms with Crippen LogP contribution >= 0.6 is 24.0 Å². The SMILES string of the molecule is C=CCNC(=NCCC(O)(c1nccn1C)C(F)(F)F)NCC.I.